The highest BCUT2D eigenvalue weighted by molar-refractivity contribution is 5.43. The number of fused-ring (bicyclic) bond motifs is 1. The number of aryl methyl sites for hydroxylation is 2. The van der Waals surface area contributed by atoms with E-state index in [0.29, 0.717) is 0 Å². The van der Waals surface area contributed by atoms with Crippen molar-refractivity contribution in [2.24, 2.45) is 0 Å². The van der Waals surface area contributed by atoms with Gasteiger partial charge in [0.25, 0.3) is 5.56 Å². The third-order valence-electron chi connectivity index (χ3n) is 3.57. The molecular weight excluding hydrogens is 236 g/mol. The molecule has 3 heteroatoms. The van der Waals surface area contributed by atoms with Gasteiger partial charge in [0, 0.05) is 17.5 Å². The fraction of sp³-hybridized carbons (Fsp3) is 0.500. The normalized spacial score (nSPS) is 11.1. The second-order valence-corrected chi connectivity index (χ2v) is 5.22. The Hall–Kier alpha value is -1.64. The van der Waals surface area contributed by atoms with Gasteiger partial charge in [0.05, 0.1) is 0 Å². The Balaban J connectivity index is 2.34. The van der Waals surface area contributed by atoms with Crippen LogP contribution in [0.15, 0.2) is 23.1 Å². The van der Waals surface area contributed by atoms with Crippen molar-refractivity contribution in [3.05, 3.63) is 45.5 Å². The summed E-state index contributed by atoms with van der Waals surface area (Å²) >= 11 is 0. The summed E-state index contributed by atoms with van der Waals surface area (Å²) in [6, 6.07) is 3.90. The number of pyridine rings is 1. The molecule has 2 aromatic heterocycles. The second kappa shape index (κ2) is 6.00. The van der Waals surface area contributed by atoms with Crippen LogP contribution < -0.4 is 5.56 Å². The van der Waals surface area contributed by atoms with E-state index in [1.807, 2.05) is 32.2 Å². The predicted molar refractivity (Wildman–Crippen MR) is 78.8 cm³/mol. The first-order valence-corrected chi connectivity index (χ1v) is 7.12. The van der Waals surface area contributed by atoms with Crippen LogP contribution in [-0.4, -0.2) is 9.38 Å². The molecule has 0 bridgehead atoms. The second-order valence-electron chi connectivity index (χ2n) is 5.22. The third kappa shape index (κ3) is 3.03. The van der Waals surface area contributed by atoms with Crippen LogP contribution in [-0.2, 0) is 6.42 Å². The van der Waals surface area contributed by atoms with E-state index in [2.05, 4.69) is 11.9 Å². The van der Waals surface area contributed by atoms with Gasteiger partial charge in [0.1, 0.15) is 5.65 Å². The minimum absolute atomic E-state index is 0.0963. The maximum absolute atomic E-state index is 12.4. The van der Waals surface area contributed by atoms with E-state index in [9.17, 15) is 4.79 Å². The van der Waals surface area contributed by atoms with E-state index in [-0.39, 0.29) is 5.56 Å². The van der Waals surface area contributed by atoms with Crippen molar-refractivity contribution in [2.75, 3.05) is 0 Å². The van der Waals surface area contributed by atoms with Gasteiger partial charge in [0.15, 0.2) is 0 Å². The topological polar surface area (TPSA) is 34.4 Å². The van der Waals surface area contributed by atoms with Crippen molar-refractivity contribution >= 4 is 5.65 Å². The molecule has 2 rings (SSSR count). The SMILES string of the molecule is CCCCCCc1c(C)nc2cc(C)ccn2c1=O. The van der Waals surface area contributed by atoms with Crippen molar-refractivity contribution in [1.29, 1.82) is 0 Å². The lowest BCUT2D eigenvalue weighted by Gasteiger charge is -2.08. The largest absolute Gasteiger partial charge is 0.269 e. The molecular formula is C16H22N2O. The first kappa shape index (κ1) is 13.8. The molecule has 0 amide bonds. The lowest BCUT2D eigenvalue weighted by atomic mass is 10.1. The smallest absolute Gasteiger partial charge is 0.261 e. The molecule has 0 aromatic carbocycles. The molecule has 2 heterocycles. The predicted octanol–water partition coefficient (Wildman–Crippen LogP) is 3.43. The minimum Gasteiger partial charge on any atom is -0.269 e. The van der Waals surface area contributed by atoms with Crippen LogP contribution in [0.2, 0.25) is 0 Å². The van der Waals surface area contributed by atoms with Gasteiger partial charge in [-0.1, -0.05) is 26.2 Å². The van der Waals surface area contributed by atoms with Gasteiger partial charge >= 0.3 is 0 Å². The molecule has 102 valence electrons. The minimum atomic E-state index is 0.0963. The van der Waals surface area contributed by atoms with Crippen molar-refractivity contribution in [1.82, 2.24) is 9.38 Å². The molecule has 0 radical (unpaired) electrons. The van der Waals surface area contributed by atoms with Crippen LogP contribution in [0.3, 0.4) is 0 Å². The molecule has 2 aromatic rings. The molecule has 0 aliphatic heterocycles. The molecule has 0 aliphatic carbocycles. The van der Waals surface area contributed by atoms with E-state index >= 15 is 0 Å². The van der Waals surface area contributed by atoms with Gasteiger partial charge in [-0.25, -0.2) is 4.98 Å². The van der Waals surface area contributed by atoms with Crippen LogP contribution in [0.4, 0.5) is 0 Å². The van der Waals surface area contributed by atoms with Crippen LogP contribution >= 0.6 is 0 Å². The summed E-state index contributed by atoms with van der Waals surface area (Å²) in [6.07, 6.45) is 7.38. The summed E-state index contributed by atoms with van der Waals surface area (Å²) < 4.78 is 1.66. The highest BCUT2D eigenvalue weighted by atomic mass is 16.1. The first-order valence-electron chi connectivity index (χ1n) is 7.12. The Kier molecular flexibility index (Phi) is 4.35. The van der Waals surface area contributed by atoms with Crippen LogP contribution in [0.5, 0.6) is 0 Å². The molecule has 0 aliphatic rings. The van der Waals surface area contributed by atoms with Crippen LogP contribution in [0, 0.1) is 13.8 Å². The number of nitrogens with zero attached hydrogens (tertiary/aromatic N) is 2. The summed E-state index contributed by atoms with van der Waals surface area (Å²) in [5, 5.41) is 0. The van der Waals surface area contributed by atoms with Crippen molar-refractivity contribution in [3.63, 3.8) is 0 Å². The average molecular weight is 258 g/mol. The zero-order valence-electron chi connectivity index (χ0n) is 12.1. The summed E-state index contributed by atoms with van der Waals surface area (Å²) in [7, 11) is 0. The molecule has 0 N–H and O–H groups in total. The Labute approximate surface area is 114 Å². The van der Waals surface area contributed by atoms with Gasteiger partial charge in [-0.3, -0.25) is 9.20 Å². The van der Waals surface area contributed by atoms with Gasteiger partial charge in [-0.2, -0.15) is 0 Å². The standard InChI is InChI=1S/C16H22N2O/c1-4-5-6-7-8-14-13(3)17-15-11-12(2)9-10-18(15)16(14)19/h9-11H,4-8H2,1-3H3. The number of unbranched alkanes of at least 4 members (excludes halogenated alkanes) is 3. The van der Waals surface area contributed by atoms with Gasteiger partial charge < -0.3 is 0 Å². The number of rotatable bonds is 5. The van der Waals surface area contributed by atoms with E-state index in [4.69, 9.17) is 0 Å². The van der Waals surface area contributed by atoms with Crippen LogP contribution in [0.1, 0.15) is 49.4 Å². The monoisotopic (exact) mass is 258 g/mol. The van der Waals surface area contributed by atoms with Gasteiger partial charge in [0.2, 0.25) is 0 Å². The summed E-state index contributed by atoms with van der Waals surface area (Å²) in [6.45, 7) is 6.15. The van der Waals surface area contributed by atoms with E-state index in [0.717, 1.165) is 35.3 Å². The Morgan fingerprint density at radius 1 is 1.21 bits per heavy atom. The van der Waals surface area contributed by atoms with E-state index < -0.39 is 0 Å². The molecule has 0 unspecified atom stereocenters. The van der Waals surface area contributed by atoms with Gasteiger partial charge in [-0.05, 0) is 44.4 Å². The Morgan fingerprint density at radius 2 is 2.00 bits per heavy atom. The maximum Gasteiger partial charge on any atom is 0.261 e. The molecule has 0 atom stereocenters. The number of hydrogen-bond donors (Lipinski definition) is 0. The van der Waals surface area contributed by atoms with E-state index in [1.165, 1.54) is 19.3 Å². The zero-order chi connectivity index (χ0) is 13.8. The van der Waals surface area contributed by atoms with E-state index in [1.54, 1.807) is 4.40 Å². The average Bonchev–Trinajstić information content (AvgIpc) is 2.37. The summed E-state index contributed by atoms with van der Waals surface area (Å²) in [4.78, 5) is 17.0. The zero-order valence-corrected chi connectivity index (χ0v) is 12.1. The third-order valence-corrected chi connectivity index (χ3v) is 3.57. The highest BCUT2D eigenvalue weighted by Crippen LogP contribution is 2.10. The van der Waals surface area contributed by atoms with Crippen molar-refractivity contribution in [3.8, 4) is 0 Å². The van der Waals surface area contributed by atoms with Crippen molar-refractivity contribution in [2.45, 2.75) is 52.9 Å². The summed E-state index contributed by atoms with van der Waals surface area (Å²) in [5.41, 5.74) is 3.73. The molecule has 19 heavy (non-hydrogen) atoms. The summed E-state index contributed by atoms with van der Waals surface area (Å²) in [5.74, 6) is 0. The Morgan fingerprint density at radius 3 is 2.74 bits per heavy atom. The molecule has 3 nitrogen and oxygen atoms in total. The molecule has 0 spiro atoms. The maximum atomic E-state index is 12.4. The fourth-order valence-corrected chi connectivity index (χ4v) is 2.40. The molecule has 0 saturated heterocycles. The fourth-order valence-electron chi connectivity index (χ4n) is 2.40. The van der Waals surface area contributed by atoms with Crippen molar-refractivity contribution < 1.29 is 0 Å². The first-order chi connectivity index (χ1) is 9.13. The highest BCUT2D eigenvalue weighted by Gasteiger charge is 2.09. The van der Waals surface area contributed by atoms with Crippen LogP contribution in [0.25, 0.3) is 5.65 Å². The lowest BCUT2D eigenvalue weighted by molar-refractivity contribution is 0.660. The molecule has 0 saturated carbocycles. The lowest BCUT2D eigenvalue weighted by Crippen LogP contribution is -2.21. The molecule has 0 fully saturated rings. The van der Waals surface area contributed by atoms with Gasteiger partial charge in [-0.15, -0.1) is 0 Å². The quantitative estimate of drug-likeness (QED) is 0.770. The number of aromatic nitrogens is 2. The number of hydrogen-bond acceptors (Lipinski definition) is 2. The Bertz CT molecular complexity index is 628.